The van der Waals surface area contributed by atoms with E-state index in [0.29, 0.717) is 19.8 Å². The van der Waals surface area contributed by atoms with Crippen molar-refractivity contribution in [3.8, 4) is 0 Å². The zero-order valence-electron chi connectivity index (χ0n) is 17.2. The molecule has 0 saturated carbocycles. The molecular formula is C23H33NO4. The fraction of sp³-hybridized carbons (Fsp3) is 0.478. The first-order valence-electron chi connectivity index (χ1n) is 9.76. The van der Waals surface area contributed by atoms with E-state index in [1.165, 1.54) is 5.56 Å². The molecule has 0 heterocycles. The smallest absolute Gasteiger partial charge is 0.108 e. The SMILES string of the molecule is COCCN(CCOC)C[C@@H](O)CO[C@@H](c1ccccc1)c1ccccc1C. The number of nitrogens with zero attached hydrogens (tertiary/aromatic N) is 1. The molecule has 2 atom stereocenters. The molecule has 154 valence electrons. The van der Waals surface area contributed by atoms with Gasteiger partial charge >= 0.3 is 0 Å². The normalized spacial score (nSPS) is 13.6. The summed E-state index contributed by atoms with van der Waals surface area (Å²) >= 11 is 0. The van der Waals surface area contributed by atoms with E-state index in [9.17, 15) is 5.11 Å². The molecule has 1 N–H and O–H groups in total. The van der Waals surface area contributed by atoms with E-state index in [0.717, 1.165) is 24.2 Å². The van der Waals surface area contributed by atoms with E-state index in [1.807, 2.05) is 30.3 Å². The van der Waals surface area contributed by atoms with Crippen molar-refractivity contribution in [2.24, 2.45) is 0 Å². The van der Waals surface area contributed by atoms with Crippen LogP contribution in [0.15, 0.2) is 54.6 Å². The Morgan fingerprint density at radius 3 is 2.11 bits per heavy atom. The maximum absolute atomic E-state index is 10.6. The Bertz CT molecular complexity index is 657. The first-order valence-corrected chi connectivity index (χ1v) is 9.76. The van der Waals surface area contributed by atoms with E-state index in [1.54, 1.807) is 14.2 Å². The molecule has 5 heteroatoms. The van der Waals surface area contributed by atoms with E-state index >= 15 is 0 Å². The van der Waals surface area contributed by atoms with Gasteiger partial charge in [0.1, 0.15) is 6.10 Å². The van der Waals surface area contributed by atoms with Crippen LogP contribution in [0.3, 0.4) is 0 Å². The van der Waals surface area contributed by atoms with Gasteiger partial charge in [-0.3, -0.25) is 4.90 Å². The summed E-state index contributed by atoms with van der Waals surface area (Å²) in [4.78, 5) is 2.13. The van der Waals surface area contributed by atoms with Gasteiger partial charge in [0.15, 0.2) is 0 Å². The average molecular weight is 388 g/mol. The number of aliphatic hydroxyl groups is 1. The number of aryl methyl sites for hydroxylation is 1. The zero-order valence-corrected chi connectivity index (χ0v) is 17.2. The van der Waals surface area contributed by atoms with Crippen LogP contribution in [0.5, 0.6) is 0 Å². The summed E-state index contributed by atoms with van der Waals surface area (Å²) in [6.45, 7) is 5.59. The van der Waals surface area contributed by atoms with Crippen molar-refractivity contribution in [3.05, 3.63) is 71.3 Å². The zero-order chi connectivity index (χ0) is 20.2. The molecule has 0 spiro atoms. The standard InChI is InChI=1S/C23H33NO4/c1-19-9-7-8-12-22(19)23(20-10-5-4-6-11-20)28-18-21(25)17-24(13-15-26-2)14-16-27-3/h4-12,21,23,25H,13-18H2,1-3H3/t21-,23+/m1/s1. The fourth-order valence-corrected chi connectivity index (χ4v) is 3.17. The molecule has 2 aromatic rings. The first kappa shape index (κ1) is 22.5. The van der Waals surface area contributed by atoms with Gasteiger partial charge in [-0.2, -0.15) is 0 Å². The molecule has 0 aliphatic carbocycles. The second-order valence-electron chi connectivity index (χ2n) is 6.92. The minimum Gasteiger partial charge on any atom is -0.389 e. The summed E-state index contributed by atoms with van der Waals surface area (Å²) in [5.74, 6) is 0. The molecule has 0 fully saturated rings. The van der Waals surface area contributed by atoms with Gasteiger partial charge in [-0.05, 0) is 23.6 Å². The summed E-state index contributed by atoms with van der Waals surface area (Å²) in [7, 11) is 3.36. The lowest BCUT2D eigenvalue weighted by Crippen LogP contribution is -2.39. The summed E-state index contributed by atoms with van der Waals surface area (Å²) < 4.78 is 16.6. The molecule has 0 aromatic heterocycles. The van der Waals surface area contributed by atoms with Crippen LogP contribution in [0.2, 0.25) is 0 Å². The van der Waals surface area contributed by atoms with Gasteiger partial charge in [-0.25, -0.2) is 0 Å². The van der Waals surface area contributed by atoms with Crippen molar-refractivity contribution >= 4 is 0 Å². The lowest BCUT2D eigenvalue weighted by atomic mass is 9.97. The minimum atomic E-state index is -0.594. The van der Waals surface area contributed by atoms with Crippen LogP contribution in [-0.4, -0.2) is 69.8 Å². The Labute approximate surface area is 168 Å². The Morgan fingerprint density at radius 1 is 0.893 bits per heavy atom. The summed E-state index contributed by atoms with van der Waals surface area (Å²) in [6.07, 6.45) is -0.799. The molecule has 5 nitrogen and oxygen atoms in total. The van der Waals surface area contributed by atoms with Crippen LogP contribution in [0.4, 0.5) is 0 Å². The third-order valence-electron chi connectivity index (χ3n) is 4.72. The number of methoxy groups -OCH3 is 2. The molecule has 2 aromatic carbocycles. The van der Waals surface area contributed by atoms with E-state index in [-0.39, 0.29) is 12.7 Å². The lowest BCUT2D eigenvalue weighted by molar-refractivity contribution is -0.0137. The Kier molecular flexibility index (Phi) is 10.2. The van der Waals surface area contributed by atoms with Crippen LogP contribution >= 0.6 is 0 Å². The van der Waals surface area contributed by atoms with Gasteiger partial charge in [0, 0.05) is 33.9 Å². The quantitative estimate of drug-likeness (QED) is 0.572. The van der Waals surface area contributed by atoms with Crippen molar-refractivity contribution in [2.45, 2.75) is 19.1 Å². The molecule has 0 saturated heterocycles. The number of rotatable bonds is 13. The molecule has 0 bridgehead atoms. The highest BCUT2D eigenvalue weighted by molar-refractivity contribution is 5.35. The van der Waals surface area contributed by atoms with E-state index in [4.69, 9.17) is 14.2 Å². The average Bonchev–Trinajstić information content (AvgIpc) is 2.72. The van der Waals surface area contributed by atoms with Crippen LogP contribution in [0.1, 0.15) is 22.8 Å². The van der Waals surface area contributed by atoms with Crippen LogP contribution in [0, 0.1) is 6.92 Å². The van der Waals surface area contributed by atoms with Gasteiger partial charge in [0.25, 0.3) is 0 Å². The predicted molar refractivity (Wildman–Crippen MR) is 112 cm³/mol. The van der Waals surface area contributed by atoms with Crippen molar-refractivity contribution in [2.75, 3.05) is 53.7 Å². The van der Waals surface area contributed by atoms with Gasteiger partial charge in [0.2, 0.25) is 0 Å². The Balaban J connectivity index is 2.03. The molecule has 0 aliphatic heterocycles. The minimum absolute atomic E-state index is 0.205. The van der Waals surface area contributed by atoms with Crippen LogP contribution in [0.25, 0.3) is 0 Å². The maximum Gasteiger partial charge on any atom is 0.108 e. The number of hydrogen-bond acceptors (Lipinski definition) is 5. The Hall–Kier alpha value is -1.76. The Morgan fingerprint density at radius 2 is 1.50 bits per heavy atom. The number of benzene rings is 2. The van der Waals surface area contributed by atoms with Gasteiger partial charge in [-0.1, -0.05) is 54.6 Å². The maximum atomic E-state index is 10.6. The van der Waals surface area contributed by atoms with E-state index in [2.05, 4.69) is 36.1 Å². The monoisotopic (exact) mass is 387 g/mol. The molecule has 28 heavy (non-hydrogen) atoms. The third kappa shape index (κ3) is 7.34. The third-order valence-corrected chi connectivity index (χ3v) is 4.72. The summed E-state index contributed by atoms with van der Waals surface area (Å²) in [5, 5.41) is 10.6. The first-order chi connectivity index (χ1) is 13.7. The van der Waals surface area contributed by atoms with Gasteiger partial charge in [0.05, 0.1) is 25.9 Å². The number of aliphatic hydroxyl groups excluding tert-OH is 1. The van der Waals surface area contributed by atoms with E-state index < -0.39 is 6.10 Å². The largest absolute Gasteiger partial charge is 0.389 e. The second kappa shape index (κ2) is 12.6. The second-order valence-corrected chi connectivity index (χ2v) is 6.92. The number of hydrogen-bond donors (Lipinski definition) is 1. The highest BCUT2D eigenvalue weighted by atomic mass is 16.5. The molecule has 2 rings (SSSR count). The molecule has 0 aliphatic rings. The lowest BCUT2D eigenvalue weighted by Gasteiger charge is -2.26. The molecular weight excluding hydrogens is 354 g/mol. The molecule has 0 amide bonds. The highest BCUT2D eigenvalue weighted by Crippen LogP contribution is 2.28. The topological polar surface area (TPSA) is 51.2 Å². The summed E-state index contributed by atoms with van der Waals surface area (Å²) in [6, 6.07) is 18.4. The van der Waals surface area contributed by atoms with Gasteiger partial charge < -0.3 is 19.3 Å². The van der Waals surface area contributed by atoms with Crippen LogP contribution in [-0.2, 0) is 14.2 Å². The van der Waals surface area contributed by atoms with Crippen molar-refractivity contribution in [1.82, 2.24) is 4.90 Å². The molecule has 0 unspecified atom stereocenters. The molecule has 0 radical (unpaired) electrons. The van der Waals surface area contributed by atoms with Crippen molar-refractivity contribution < 1.29 is 19.3 Å². The van der Waals surface area contributed by atoms with Crippen molar-refractivity contribution in [1.29, 1.82) is 0 Å². The van der Waals surface area contributed by atoms with Crippen molar-refractivity contribution in [3.63, 3.8) is 0 Å². The summed E-state index contributed by atoms with van der Waals surface area (Å²) in [5.41, 5.74) is 3.38. The number of ether oxygens (including phenoxy) is 3. The predicted octanol–water partition coefficient (Wildman–Crippen LogP) is 3.06. The fourth-order valence-electron chi connectivity index (χ4n) is 3.17. The van der Waals surface area contributed by atoms with Crippen LogP contribution < -0.4 is 0 Å². The highest BCUT2D eigenvalue weighted by Gasteiger charge is 2.19. The van der Waals surface area contributed by atoms with Gasteiger partial charge in [-0.15, -0.1) is 0 Å².